The van der Waals surface area contributed by atoms with Gasteiger partial charge in [-0.05, 0) is 82.0 Å². The predicted molar refractivity (Wildman–Crippen MR) is 210 cm³/mol. The first-order valence-electron chi connectivity index (χ1n) is 26.6. The van der Waals surface area contributed by atoms with Crippen molar-refractivity contribution in [3.63, 3.8) is 0 Å². The number of thiophene rings is 1. The average molecular weight is 668 g/mol. The zero-order chi connectivity index (χ0) is 53.2. The summed E-state index contributed by atoms with van der Waals surface area (Å²) >= 11 is 0.690. The Labute approximate surface area is 321 Å². The van der Waals surface area contributed by atoms with E-state index in [2.05, 4.69) is 0 Å². The van der Waals surface area contributed by atoms with Crippen molar-refractivity contribution < 1.29 is 37.3 Å². The Morgan fingerprint density at radius 1 is 0.490 bits per heavy atom. The molecule has 0 N–H and O–H groups in total. The second kappa shape index (κ2) is 11.2. The molecule has 0 bridgehead atoms. The number of fused-ring (bicyclic) bond motifs is 8. The molecule has 230 valence electrons. The van der Waals surface area contributed by atoms with Gasteiger partial charge in [-0.2, -0.15) is 0 Å². The van der Waals surface area contributed by atoms with E-state index in [-0.39, 0.29) is 31.3 Å². The summed E-state index contributed by atoms with van der Waals surface area (Å²) in [5.41, 5.74) is -5.17. The van der Waals surface area contributed by atoms with Crippen LogP contribution in [0.15, 0.2) is 180 Å². The molecule has 0 aliphatic carbocycles. The van der Waals surface area contributed by atoms with Crippen molar-refractivity contribution in [2.75, 3.05) is 4.90 Å². The molecule has 0 spiro atoms. The molecule has 0 saturated heterocycles. The van der Waals surface area contributed by atoms with Crippen LogP contribution in [-0.2, 0) is 0 Å². The molecule has 0 fully saturated rings. The van der Waals surface area contributed by atoms with Gasteiger partial charge in [-0.1, -0.05) is 121 Å². The highest BCUT2D eigenvalue weighted by molar-refractivity contribution is 7.25. The third-order valence-corrected chi connectivity index (χ3v) is 8.84. The maximum Gasteiger partial charge on any atom is 0.143 e. The highest BCUT2D eigenvalue weighted by Crippen LogP contribution is 2.45. The van der Waals surface area contributed by atoms with Gasteiger partial charge in [0.1, 0.15) is 11.2 Å². The summed E-state index contributed by atoms with van der Waals surface area (Å²) in [7, 11) is 0. The van der Waals surface area contributed by atoms with E-state index in [1.54, 1.807) is 18.2 Å². The molecule has 0 saturated carbocycles. The maximum atomic E-state index is 9.74. The fourth-order valence-electron chi connectivity index (χ4n) is 5.61. The lowest BCUT2D eigenvalue weighted by Gasteiger charge is -2.27. The second-order valence-electron chi connectivity index (χ2n) is 10.6. The van der Waals surface area contributed by atoms with Crippen LogP contribution in [0.3, 0.4) is 0 Å². The van der Waals surface area contributed by atoms with Gasteiger partial charge in [-0.3, -0.25) is 0 Å². The van der Waals surface area contributed by atoms with E-state index in [0.29, 0.717) is 16.2 Å². The predicted octanol–water partition coefficient (Wildman–Crippen LogP) is 13.9. The normalized spacial score (nSPS) is 18.5. The molecule has 10 rings (SSSR count). The van der Waals surface area contributed by atoms with Crippen LogP contribution in [-0.4, -0.2) is 0 Å². The lowest BCUT2D eigenvalue weighted by molar-refractivity contribution is 0.672. The van der Waals surface area contributed by atoms with Gasteiger partial charge in [-0.15, -0.1) is 11.3 Å². The summed E-state index contributed by atoms with van der Waals surface area (Å²) in [6.45, 7) is 0. The van der Waals surface area contributed by atoms with E-state index < -0.39 is 206 Å². The molecule has 2 aromatic heterocycles. The summed E-state index contributed by atoms with van der Waals surface area (Å²) in [5, 5.41) is -2.30. The van der Waals surface area contributed by atoms with Crippen LogP contribution in [0.4, 0.5) is 17.1 Å². The van der Waals surface area contributed by atoms with Crippen LogP contribution in [0.2, 0.25) is 0 Å². The Morgan fingerprint density at radius 3 is 2.12 bits per heavy atom. The van der Waals surface area contributed by atoms with Crippen molar-refractivity contribution in [3.8, 4) is 22.3 Å². The van der Waals surface area contributed by atoms with Crippen LogP contribution in [0, 0.1) is 0 Å². The van der Waals surface area contributed by atoms with Crippen LogP contribution < -0.4 is 4.90 Å². The Bertz CT molecular complexity index is 4180. The third kappa shape index (κ3) is 4.62. The fourth-order valence-corrected chi connectivity index (χ4v) is 6.58. The van der Waals surface area contributed by atoms with E-state index >= 15 is 0 Å². The number of hydrogen-bond donors (Lipinski definition) is 0. The number of anilines is 3. The molecule has 3 heteroatoms. The van der Waals surface area contributed by atoms with Gasteiger partial charge < -0.3 is 9.32 Å². The molecule has 2 heterocycles. The Balaban J connectivity index is 1.40. The summed E-state index contributed by atoms with van der Waals surface area (Å²) in [4.78, 5) is 0.653. The second-order valence-corrected chi connectivity index (χ2v) is 11.7. The third-order valence-electron chi connectivity index (χ3n) is 7.82. The van der Waals surface area contributed by atoms with Crippen molar-refractivity contribution >= 4 is 81.3 Å². The average Bonchev–Trinajstić information content (AvgIpc) is 3.97. The molecule has 0 aliphatic heterocycles. The Hall–Kier alpha value is -6.16. The number of nitrogens with zero attached hydrogens (tertiary/aromatic N) is 1. The minimum Gasteiger partial charge on any atom is -0.455 e. The van der Waals surface area contributed by atoms with E-state index in [0.717, 1.165) is 0 Å². The van der Waals surface area contributed by atoms with E-state index in [1.165, 1.54) is 12.1 Å². The smallest absolute Gasteiger partial charge is 0.143 e. The minimum absolute atomic E-state index is 0.0525. The van der Waals surface area contributed by atoms with Crippen molar-refractivity contribution in [2.45, 2.75) is 0 Å². The summed E-state index contributed by atoms with van der Waals surface area (Å²) in [5.74, 6) is 0. The standard InChI is InChI=1S/C46H29NOS/c1-2-10-30(11-3-1)33-13-8-14-36(28-33)47(41-17-9-18-42-45(41)40-27-22-32-12-4-5-15-37(32)46(40)48-42)35-24-20-31(21-25-35)34-23-26-39-38-16-6-7-19-43(38)49-44(39)29-34/h1-29H/i4D,5D,6D,7D,8D,9D,12D,13D,14D,15D,16D,17D,18D,19D,20D,21D,22D,23D,24D,25D,26D,27D,28D,29D. The highest BCUT2D eigenvalue weighted by Gasteiger charge is 2.21. The minimum atomic E-state index is -1.08. The number of rotatable bonds is 5. The van der Waals surface area contributed by atoms with Crippen LogP contribution in [0.5, 0.6) is 0 Å². The first-order chi connectivity index (χ1) is 34.3. The SMILES string of the molecule is [2H]c1c([2H])c(-c2ccccc2)c([2H])c(N(c2c([2H])c([2H])c(-c3c([2H])c([2H])c4c(sc5c([2H])c([2H])c([2H])c([2H])c54)c3[2H])c([2H])c2[2H])c2c([2H])c([2H])c([2H])c3oc4c5c([2H])c([2H])c([2H])c([2H])c5c([2H])c([2H])c4c23)c1[2H]. The molecule has 8 aromatic carbocycles. The molecule has 0 radical (unpaired) electrons. The first-order valence-corrected chi connectivity index (χ1v) is 15.5. The van der Waals surface area contributed by atoms with Gasteiger partial charge in [0.15, 0.2) is 0 Å². The monoisotopic (exact) mass is 667 g/mol. The van der Waals surface area contributed by atoms with Crippen molar-refractivity contribution in [1.82, 2.24) is 0 Å². The molecule has 0 unspecified atom stereocenters. The zero-order valence-electron chi connectivity index (χ0n) is 48.7. The fraction of sp³-hybridized carbons (Fsp3) is 0. The molecular formula is C46H29NOS. The van der Waals surface area contributed by atoms with Crippen molar-refractivity contribution in [3.05, 3.63) is 175 Å². The Morgan fingerprint density at radius 2 is 1.22 bits per heavy atom. The van der Waals surface area contributed by atoms with Crippen molar-refractivity contribution in [2.24, 2.45) is 0 Å². The largest absolute Gasteiger partial charge is 0.455 e. The lowest BCUT2D eigenvalue weighted by atomic mass is 10.0. The van der Waals surface area contributed by atoms with Crippen molar-refractivity contribution in [1.29, 1.82) is 0 Å². The van der Waals surface area contributed by atoms with Crippen LogP contribution in [0.25, 0.3) is 75.1 Å². The molecule has 0 aliphatic rings. The molecule has 49 heavy (non-hydrogen) atoms. The highest BCUT2D eigenvalue weighted by atomic mass is 32.1. The van der Waals surface area contributed by atoms with Crippen LogP contribution >= 0.6 is 11.3 Å². The molecule has 2 nitrogen and oxygen atoms in total. The number of hydrogen-bond acceptors (Lipinski definition) is 3. The van der Waals surface area contributed by atoms with Gasteiger partial charge in [0.25, 0.3) is 0 Å². The zero-order valence-corrected chi connectivity index (χ0v) is 25.5. The van der Waals surface area contributed by atoms with Gasteiger partial charge in [-0.25, -0.2) is 0 Å². The van der Waals surface area contributed by atoms with Crippen LogP contribution in [0.1, 0.15) is 32.9 Å². The molecule has 0 atom stereocenters. The first kappa shape index (κ1) is 13.0. The summed E-state index contributed by atoms with van der Waals surface area (Å²) in [6, 6.07) is -11.4. The number of furan rings is 1. The summed E-state index contributed by atoms with van der Waals surface area (Å²) in [6.07, 6.45) is 0. The van der Waals surface area contributed by atoms with E-state index in [4.69, 9.17) is 25.0 Å². The number of benzene rings is 8. The van der Waals surface area contributed by atoms with Gasteiger partial charge in [0.05, 0.1) is 44.0 Å². The quantitative estimate of drug-likeness (QED) is 0.182. The van der Waals surface area contributed by atoms with Gasteiger partial charge >= 0.3 is 0 Å². The topological polar surface area (TPSA) is 16.4 Å². The summed E-state index contributed by atoms with van der Waals surface area (Å²) < 4.78 is 223. The molecule has 0 amide bonds. The molecule has 10 aromatic rings. The van der Waals surface area contributed by atoms with Gasteiger partial charge in [0.2, 0.25) is 0 Å². The lowest BCUT2D eigenvalue weighted by Crippen LogP contribution is -2.10. The maximum absolute atomic E-state index is 9.74. The van der Waals surface area contributed by atoms with E-state index in [1.807, 2.05) is 0 Å². The molecular weight excluding hydrogens is 615 g/mol. The Kier molecular flexibility index (Phi) is 2.99. The van der Waals surface area contributed by atoms with Gasteiger partial charge in [0, 0.05) is 42.3 Å². The van der Waals surface area contributed by atoms with E-state index in [9.17, 15) is 12.3 Å².